The largest absolute Gasteiger partial charge is 0.497 e. The van der Waals surface area contributed by atoms with Gasteiger partial charge in [0.1, 0.15) is 5.75 Å². The van der Waals surface area contributed by atoms with Crippen molar-refractivity contribution < 1.29 is 13.2 Å². The van der Waals surface area contributed by atoms with Gasteiger partial charge in [0.2, 0.25) is 0 Å². The van der Waals surface area contributed by atoms with E-state index in [4.69, 9.17) is 4.74 Å². The fourth-order valence-corrected chi connectivity index (χ4v) is 4.15. The summed E-state index contributed by atoms with van der Waals surface area (Å²) in [4.78, 5) is 0. The van der Waals surface area contributed by atoms with Gasteiger partial charge in [-0.25, -0.2) is 8.42 Å². The van der Waals surface area contributed by atoms with Crippen LogP contribution in [0.15, 0.2) is 35.7 Å². The molecule has 1 heterocycles. The third-order valence-electron chi connectivity index (χ3n) is 4.08. The van der Waals surface area contributed by atoms with Crippen molar-refractivity contribution in [2.24, 2.45) is 0 Å². The molecule has 1 aromatic rings. The van der Waals surface area contributed by atoms with E-state index < -0.39 is 9.84 Å². The third kappa shape index (κ3) is 2.88. The molecule has 1 aromatic carbocycles. The van der Waals surface area contributed by atoms with Gasteiger partial charge in [0.25, 0.3) is 0 Å². The standard InChI is InChI=1S/C15H19NO3S/c1-19-15-4-2-3-11(9-15)12-7-14(8-12)16-13-5-6-20(17,18)10-13/h2-6,9,12-14,16H,7-8,10H2,1H3. The second-order valence-electron chi connectivity index (χ2n) is 5.57. The van der Waals surface area contributed by atoms with E-state index in [1.807, 2.05) is 12.1 Å². The predicted octanol–water partition coefficient (Wildman–Crippen LogP) is 1.84. The molecule has 1 aliphatic heterocycles. The second kappa shape index (κ2) is 5.22. The van der Waals surface area contributed by atoms with Gasteiger partial charge in [-0.2, -0.15) is 0 Å². The molecule has 108 valence electrons. The van der Waals surface area contributed by atoms with Gasteiger partial charge in [-0.05, 0) is 36.5 Å². The first kappa shape index (κ1) is 13.6. The Morgan fingerprint density at radius 2 is 2.10 bits per heavy atom. The topological polar surface area (TPSA) is 55.4 Å². The van der Waals surface area contributed by atoms with Gasteiger partial charge < -0.3 is 10.1 Å². The molecule has 5 heteroatoms. The molecular formula is C15H19NO3S. The fourth-order valence-electron chi connectivity index (χ4n) is 2.90. The summed E-state index contributed by atoms with van der Waals surface area (Å²) in [6, 6.07) is 8.57. The molecular weight excluding hydrogens is 274 g/mol. The molecule has 0 aromatic heterocycles. The number of ether oxygens (including phenoxy) is 1. The van der Waals surface area contributed by atoms with Crippen LogP contribution in [0, 0.1) is 0 Å². The Morgan fingerprint density at radius 1 is 1.30 bits per heavy atom. The van der Waals surface area contributed by atoms with Gasteiger partial charge in [0.15, 0.2) is 9.84 Å². The van der Waals surface area contributed by atoms with Crippen molar-refractivity contribution in [3.8, 4) is 5.75 Å². The van der Waals surface area contributed by atoms with Gasteiger partial charge in [0, 0.05) is 17.5 Å². The van der Waals surface area contributed by atoms with Crippen molar-refractivity contribution in [2.75, 3.05) is 12.9 Å². The zero-order chi connectivity index (χ0) is 14.2. The van der Waals surface area contributed by atoms with Crippen molar-refractivity contribution in [2.45, 2.75) is 30.8 Å². The molecule has 0 radical (unpaired) electrons. The lowest BCUT2D eigenvalue weighted by Crippen LogP contribution is -2.45. The Morgan fingerprint density at radius 3 is 2.75 bits per heavy atom. The molecule has 1 fully saturated rings. The van der Waals surface area contributed by atoms with E-state index >= 15 is 0 Å². The van der Waals surface area contributed by atoms with Crippen LogP contribution in [-0.4, -0.2) is 33.4 Å². The summed E-state index contributed by atoms with van der Waals surface area (Å²) >= 11 is 0. The van der Waals surface area contributed by atoms with Crippen molar-refractivity contribution in [3.05, 3.63) is 41.3 Å². The summed E-state index contributed by atoms with van der Waals surface area (Å²) in [7, 11) is -1.28. The number of hydrogen-bond donors (Lipinski definition) is 1. The Labute approximate surface area is 119 Å². The monoisotopic (exact) mass is 293 g/mol. The molecule has 1 atom stereocenters. The van der Waals surface area contributed by atoms with E-state index in [2.05, 4.69) is 17.4 Å². The quantitative estimate of drug-likeness (QED) is 0.920. The van der Waals surface area contributed by atoms with E-state index in [9.17, 15) is 8.42 Å². The van der Waals surface area contributed by atoms with Crippen LogP contribution in [0.25, 0.3) is 0 Å². The van der Waals surface area contributed by atoms with Crippen molar-refractivity contribution in [1.29, 1.82) is 0 Å². The van der Waals surface area contributed by atoms with Crippen LogP contribution >= 0.6 is 0 Å². The first-order valence-electron chi connectivity index (χ1n) is 6.87. The molecule has 1 N–H and O–H groups in total. The molecule has 20 heavy (non-hydrogen) atoms. The summed E-state index contributed by atoms with van der Waals surface area (Å²) < 4.78 is 27.9. The van der Waals surface area contributed by atoms with Crippen LogP contribution in [0.1, 0.15) is 24.3 Å². The number of nitrogens with one attached hydrogen (secondary N) is 1. The average Bonchev–Trinajstić information content (AvgIpc) is 2.73. The van der Waals surface area contributed by atoms with Crippen LogP contribution in [-0.2, 0) is 9.84 Å². The SMILES string of the molecule is COc1cccc(C2CC(NC3C=CS(=O)(=O)C3)C2)c1. The van der Waals surface area contributed by atoms with Crippen LogP contribution < -0.4 is 10.1 Å². The number of sulfone groups is 1. The van der Waals surface area contributed by atoms with Crippen LogP contribution in [0.2, 0.25) is 0 Å². The van der Waals surface area contributed by atoms with E-state index in [0.717, 1.165) is 18.6 Å². The third-order valence-corrected chi connectivity index (χ3v) is 5.48. The lowest BCUT2D eigenvalue weighted by Gasteiger charge is -2.37. The lowest BCUT2D eigenvalue weighted by atomic mass is 9.75. The molecule has 0 amide bonds. The molecule has 3 rings (SSSR count). The first-order valence-corrected chi connectivity index (χ1v) is 8.58. The first-order chi connectivity index (χ1) is 9.55. The van der Waals surface area contributed by atoms with E-state index in [-0.39, 0.29) is 11.8 Å². The number of methoxy groups -OCH3 is 1. The van der Waals surface area contributed by atoms with Crippen molar-refractivity contribution >= 4 is 9.84 Å². The molecule has 0 bridgehead atoms. The van der Waals surface area contributed by atoms with Crippen molar-refractivity contribution in [1.82, 2.24) is 5.32 Å². The lowest BCUT2D eigenvalue weighted by molar-refractivity contribution is 0.282. The number of benzene rings is 1. The summed E-state index contributed by atoms with van der Waals surface area (Å²) in [5, 5.41) is 4.72. The Bertz CT molecular complexity index is 618. The van der Waals surface area contributed by atoms with E-state index in [1.165, 1.54) is 11.0 Å². The molecule has 0 spiro atoms. The summed E-state index contributed by atoms with van der Waals surface area (Å²) in [5.74, 6) is 1.64. The summed E-state index contributed by atoms with van der Waals surface area (Å²) in [5.41, 5.74) is 1.30. The van der Waals surface area contributed by atoms with Crippen LogP contribution in [0.5, 0.6) is 5.75 Å². The Hall–Kier alpha value is -1.33. The normalized spacial score (nSPS) is 30.9. The molecule has 2 aliphatic rings. The van der Waals surface area contributed by atoms with Gasteiger partial charge in [-0.3, -0.25) is 0 Å². The highest BCUT2D eigenvalue weighted by Gasteiger charge is 2.33. The maximum absolute atomic E-state index is 11.3. The molecule has 4 nitrogen and oxygen atoms in total. The van der Waals surface area contributed by atoms with Crippen LogP contribution in [0.4, 0.5) is 0 Å². The maximum atomic E-state index is 11.3. The Kier molecular flexibility index (Phi) is 3.56. The molecule has 1 saturated carbocycles. The van der Waals surface area contributed by atoms with Crippen LogP contribution in [0.3, 0.4) is 0 Å². The smallest absolute Gasteiger partial charge is 0.173 e. The number of rotatable bonds is 4. The summed E-state index contributed by atoms with van der Waals surface area (Å²) in [6.07, 6.45) is 3.86. The van der Waals surface area contributed by atoms with Gasteiger partial charge in [0.05, 0.1) is 12.9 Å². The second-order valence-corrected chi connectivity index (χ2v) is 7.50. The minimum atomic E-state index is -2.96. The molecule has 1 unspecified atom stereocenters. The Balaban J connectivity index is 1.53. The molecule has 1 aliphatic carbocycles. The highest BCUT2D eigenvalue weighted by atomic mass is 32.2. The number of hydrogen-bond acceptors (Lipinski definition) is 4. The van der Waals surface area contributed by atoms with Crippen molar-refractivity contribution in [3.63, 3.8) is 0 Å². The van der Waals surface area contributed by atoms with Gasteiger partial charge >= 0.3 is 0 Å². The minimum absolute atomic E-state index is 0.0174. The van der Waals surface area contributed by atoms with Gasteiger partial charge in [-0.1, -0.05) is 18.2 Å². The van der Waals surface area contributed by atoms with Gasteiger partial charge in [-0.15, -0.1) is 0 Å². The highest BCUT2D eigenvalue weighted by Crippen LogP contribution is 2.38. The maximum Gasteiger partial charge on any atom is 0.173 e. The predicted molar refractivity (Wildman–Crippen MR) is 78.6 cm³/mol. The van der Waals surface area contributed by atoms with E-state index in [0.29, 0.717) is 12.0 Å². The summed E-state index contributed by atoms with van der Waals surface area (Å²) in [6.45, 7) is 0. The molecule has 0 saturated heterocycles. The fraction of sp³-hybridized carbons (Fsp3) is 0.467. The zero-order valence-corrected chi connectivity index (χ0v) is 12.3. The average molecular weight is 293 g/mol. The van der Waals surface area contributed by atoms with E-state index in [1.54, 1.807) is 13.2 Å². The minimum Gasteiger partial charge on any atom is -0.497 e. The highest BCUT2D eigenvalue weighted by molar-refractivity contribution is 7.94. The zero-order valence-electron chi connectivity index (χ0n) is 11.5.